The van der Waals surface area contributed by atoms with E-state index in [1.54, 1.807) is 18.4 Å². The minimum atomic E-state index is -0.495. The Morgan fingerprint density at radius 3 is 2.82 bits per heavy atom. The molecule has 7 nitrogen and oxygen atoms in total. The molecular formula is C15H18N4O3. The van der Waals surface area contributed by atoms with E-state index < -0.39 is 5.97 Å². The number of allylic oxidation sites excluding steroid dienone is 1. The molecule has 2 aromatic rings. The first-order valence-corrected chi connectivity index (χ1v) is 6.90. The monoisotopic (exact) mass is 302 g/mol. The van der Waals surface area contributed by atoms with Crippen LogP contribution in [0.4, 0.5) is 0 Å². The third-order valence-electron chi connectivity index (χ3n) is 2.95. The second-order valence-corrected chi connectivity index (χ2v) is 4.87. The Morgan fingerprint density at radius 1 is 1.41 bits per heavy atom. The van der Waals surface area contributed by atoms with Gasteiger partial charge in [-0.2, -0.15) is 5.10 Å². The zero-order valence-corrected chi connectivity index (χ0v) is 13.0. The second kappa shape index (κ2) is 6.38. The predicted molar refractivity (Wildman–Crippen MR) is 80.3 cm³/mol. The lowest BCUT2D eigenvalue weighted by molar-refractivity contribution is -0.137. The first-order chi connectivity index (χ1) is 10.4. The Morgan fingerprint density at radius 2 is 2.14 bits per heavy atom. The summed E-state index contributed by atoms with van der Waals surface area (Å²) in [7, 11) is 0. The van der Waals surface area contributed by atoms with Gasteiger partial charge in [-0.3, -0.25) is 4.79 Å². The van der Waals surface area contributed by atoms with E-state index in [2.05, 4.69) is 15.4 Å². The highest BCUT2D eigenvalue weighted by atomic mass is 16.5. The van der Waals surface area contributed by atoms with Crippen molar-refractivity contribution in [2.45, 2.75) is 27.7 Å². The standard InChI is InChI=1S/C15H18N4O3/c1-5-22-13(20)7-10(3)18-15(21)12-8-16-19-11(4)6-9(2)17-14(12)19/h6-8H,5H2,1-4H3,(H,18,21)/b10-7+. The van der Waals surface area contributed by atoms with E-state index in [1.807, 2.05) is 19.9 Å². The zero-order valence-electron chi connectivity index (χ0n) is 13.0. The molecule has 2 aromatic heterocycles. The highest BCUT2D eigenvalue weighted by Crippen LogP contribution is 2.12. The highest BCUT2D eigenvalue weighted by Gasteiger charge is 2.15. The van der Waals surface area contributed by atoms with Crippen molar-refractivity contribution in [3.05, 3.63) is 41.0 Å². The normalized spacial score (nSPS) is 11.5. The molecule has 2 rings (SSSR count). The Balaban J connectivity index is 2.25. The Hall–Kier alpha value is -2.70. The van der Waals surface area contributed by atoms with Crippen molar-refractivity contribution in [2.24, 2.45) is 0 Å². The maximum absolute atomic E-state index is 12.3. The maximum Gasteiger partial charge on any atom is 0.332 e. The van der Waals surface area contributed by atoms with Gasteiger partial charge in [-0.15, -0.1) is 0 Å². The summed E-state index contributed by atoms with van der Waals surface area (Å²) < 4.78 is 6.39. The molecule has 0 unspecified atom stereocenters. The molecule has 0 aliphatic rings. The van der Waals surface area contributed by atoms with Crippen LogP contribution >= 0.6 is 0 Å². The Labute approximate surface area is 128 Å². The van der Waals surface area contributed by atoms with Crippen LogP contribution in [0.2, 0.25) is 0 Å². The van der Waals surface area contributed by atoms with E-state index in [0.717, 1.165) is 11.4 Å². The van der Waals surface area contributed by atoms with Crippen molar-refractivity contribution in [3.63, 3.8) is 0 Å². The number of aryl methyl sites for hydroxylation is 2. The molecule has 0 aliphatic carbocycles. The predicted octanol–water partition coefficient (Wildman–Crippen LogP) is 1.54. The second-order valence-electron chi connectivity index (χ2n) is 4.87. The van der Waals surface area contributed by atoms with Crippen LogP contribution in [-0.2, 0) is 9.53 Å². The molecular weight excluding hydrogens is 284 g/mol. The molecule has 0 bridgehead atoms. The molecule has 1 N–H and O–H groups in total. The van der Waals surface area contributed by atoms with Crippen molar-refractivity contribution < 1.29 is 14.3 Å². The molecule has 7 heteroatoms. The van der Waals surface area contributed by atoms with Crippen LogP contribution in [0.15, 0.2) is 24.0 Å². The van der Waals surface area contributed by atoms with Gasteiger partial charge in [0, 0.05) is 23.2 Å². The van der Waals surface area contributed by atoms with Crippen LogP contribution < -0.4 is 5.32 Å². The number of aromatic nitrogens is 3. The largest absolute Gasteiger partial charge is 0.463 e. The molecule has 0 saturated carbocycles. The molecule has 0 spiro atoms. The minimum absolute atomic E-state index is 0.285. The number of hydrogen-bond acceptors (Lipinski definition) is 5. The third kappa shape index (κ3) is 3.30. The minimum Gasteiger partial charge on any atom is -0.463 e. The number of esters is 1. The molecule has 0 saturated heterocycles. The van der Waals surface area contributed by atoms with Crippen molar-refractivity contribution >= 4 is 17.5 Å². The van der Waals surface area contributed by atoms with E-state index in [4.69, 9.17) is 4.74 Å². The summed E-state index contributed by atoms with van der Waals surface area (Å²) in [6.07, 6.45) is 2.69. The fraction of sp³-hybridized carbons (Fsp3) is 0.333. The summed E-state index contributed by atoms with van der Waals surface area (Å²) in [5.41, 5.74) is 2.92. The van der Waals surface area contributed by atoms with Crippen LogP contribution in [0.1, 0.15) is 35.6 Å². The van der Waals surface area contributed by atoms with Crippen LogP contribution in [0, 0.1) is 13.8 Å². The lowest BCUT2D eigenvalue weighted by atomic mass is 10.3. The molecule has 0 aliphatic heterocycles. The van der Waals surface area contributed by atoms with Gasteiger partial charge in [0.25, 0.3) is 5.91 Å². The number of nitrogens with zero attached hydrogens (tertiary/aromatic N) is 3. The van der Waals surface area contributed by atoms with Gasteiger partial charge in [-0.25, -0.2) is 14.3 Å². The summed E-state index contributed by atoms with van der Waals surface area (Å²) in [5.74, 6) is -0.865. The number of nitrogens with one attached hydrogen (secondary N) is 1. The fourth-order valence-corrected chi connectivity index (χ4v) is 2.07. The average Bonchev–Trinajstić information content (AvgIpc) is 2.82. The van der Waals surface area contributed by atoms with Gasteiger partial charge >= 0.3 is 5.97 Å². The van der Waals surface area contributed by atoms with Gasteiger partial charge in [0.1, 0.15) is 5.56 Å². The van der Waals surface area contributed by atoms with Crippen LogP contribution in [0.25, 0.3) is 5.65 Å². The molecule has 0 atom stereocenters. The van der Waals surface area contributed by atoms with Gasteiger partial charge in [-0.1, -0.05) is 0 Å². The SMILES string of the molecule is CCOC(=O)/C=C(\C)NC(=O)c1cnn2c(C)cc(C)nc12. The highest BCUT2D eigenvalue weighted by molar-refractivity contribution is 6.01. The third-order valence-corrected chi connectivity index (χ3v) is 2.95. The summed E-state index contributed by atoms with van der Waals surface area (Å²) >= 11 is 0. The Kier molecular flexibility index (Phi) is 4.55. The summed E-state index contributed by atoms with van der Waals surface area (Å²) in [4.78, 5) is 28.0. The van der Waals surface area contributed by atoms with E-state index in [-0.39, 0.29) is 12.5 Å². The molecule has 116 valence electrons. The number of amides is 1. The van der Waals surface area contributed by atoms with Gasteiger partial charge in [-0.05, 0) is 33.8 Å². The van der Waals surface area contributed by atoms with E-state index in [1.165, 1.54) is 12.3 Å². The smallest absolute Gasteiger partial charge is 0.332 e. The Bertz CT molecular complexity index is 761. The topological polar surface area (TPSA) is 85.6 Å². The van der Waals surface area contributed by atoms with Gasteiger partial charge in [0.2, 0.25) is 0 Å². The van der Waals surface area contributed by atoms with Crippen molar-refractivity contribution in [2.75, 3.05) is 6.61 Å². The summed E-state index contributed by atoms with van der Waals surface area (Å²) in [6.45, 7) is 7.36. The number of carbonyl (C=O) groups excluding carboxylic acids is 2. The molecule has 22 heavy (non-hydrogen) atoms. The van der Waals surface area contributed by atoms with Gasteiger partial charge < -0.3 is 10.1 Å². The quantitative estimate of drug-likeness (QED) is 0.684. The molecule has 0 fully saturated rings. The van der Waals surface area contributed by atoms with Crippen molar-refractivity contribution in [1.82, 2.24) is 19.9 Å². The van der Waals surface area contributed by atoms with Crippen molar-refractivity contribution in [3.8, 4) is 0 Å². The first-order valence-electron chi connectivity index (χ1n) is 6.90. The summed E-state index contributed by atoms with van der Waals surface area (Å²) in [5, 5.41) is 6.79. The molecule has 2 heterocycles. The van der Waals surface area contributed by atoms with Gasteiger partial charge in [0.15, 0.2) is 5.65 Å². The number of carbonyl (C=O) groups is 2. The van der Waals surface area contributed by atoms with E-state index in [9.17, 15) is 9.59 Å². The molecule has 0 radical (unpaired) electrons. The van der Waals surface area contributed by atoms with Gasteiger partial charge in [0.05, 0.1) is 12.8 Å². The van der Waals surface area contributed by atoms with E-state index >= 15 is 0 Å². The van der Waals surface area contributed by atoms with Crippen molar-refractivity contribution in [1.29, 1.82) is 0 Å². The first kappa shape index (κ1) is 15.7. The fourth-order valence-electron chi connectivity index (χ4n) is 2.07. The lowest BCUT2D eigenvalue weighted by Crippen LogP contribution is -2.22. The molecule has 1 amide bonds. The van der Waals surface area contributed by atoms with E-state index in [0.29, 0.717) is 16.9 Å². The number of fused-ring (bicyclic) bond motifs is 1. The average molecular weight is 302 g/mol. The number of hydrogen-bond donors (Lipinski definition) is 1. The summed E-state index contributed by atoms with van der Waals surface area (Å²) in [6, 6.07) is 1.88. The lowest BCUT2D eigenvalue weighted by Gasteiger charge is -2.05. The van der Waals surface area contributed by atoms with Crippen LogP contribution in [0.5, 0.6) is 0 Å². The number of ether oxygens (including phenoxy) is 1. The number of rotatable bonds is 4. The van der Waals surface area contributed by atoms with Crippen LogP contribution in [0.3, 0.4) is 0 Å². The zero-order chi connectivity index (χ0) is 16.3. The van der Waals surface area contributed by atoms with Crippen LogP contribution in [-0.4, -0.2) is 33.1 Å². The maximum atomic E-state index is 12.3. The molecule has 0 aromatic carbocycles.